The van der Waals surface area contributed by atoms with Crippen LogP contribution in [0, 0.1) is 5.92 Å². The summed E-state index contributed by atoms with van der Waals surface area (Å²) < 4.78 is 4.55. The summed E-state index contributed by atoms with van der Waals surface area (Å²) in [7, 11) is 0. The number of aromatic nitrogens is 1. The van der Waals surface area contributed by atoms with Gasteiger partial charge >= 0.3 is 0 Å². The molecule has 3 nitrogen and oxygen atoms in total. The Hall–Kier alpha value is -1.09. The average molecular weight is 268 g/mol. The molecule has 1 aromatic rings. The molecule has 2 aliphatic carbocycles. The van der Waals surface area contributed by atoms with Crippen LogP contribution in [0.3, 0.4) is 0 Å². The van der Waals surface area contributed by atoms with Gasteiger partial charge in [0.2, 0.25) is 0 Å². The SMILES string of the molecule is CC(C)(C)OC=O.Clc1cc2c(cn1)C1CC1C2. The van der Waals surface area contributed by atoms with E-state index >= 15 is 0 Å². The van der Waals surface area contributed by atoms with E-state index in [1.165, 1.54) is 24.0 Å². The van der Waals surface area contributed by atoms with Crippen LogP contribution in [0.2, 0.25) is 5.15 Å². The number of hydrogen-bond acceptors (Lipinski definition) is 3. The lowest BCUT2D eigenvalue weighted by atomic mass is 10.1. The molecule has 1 heterocycles. The molecule has 0 aromatic carbocycles. The van der Waals surface area contributed by atoms with Crippen LogP contribution in [0.1, 0.15) is 44.2 Å². The summed E-state index contributed by atoms with van der Waals surface area (Å²) in [6.07, 6.45) is 4.58. The van der Waals surface area contributed by atoms with Crippen LogP contribution in [-0.4, -0.2) is 17.1 Å². The van der Waals surface area contributed by atoms with E-state index in [2.05, 4.69) is 9.72 Å². The number of fused-ring (bicyclic) bond motifs is 3. The predicted molar refractivity (Wildman–Crippen MR) is 70.7 cm³/mol. The number of rotatable bonds is 1. The average Bonchev–Trinajstić information content (AvgIpc) is 2.90. The lowest BCUT2D eigenvalue weighted by molar-refractivity contribution is -0.138. The zero-order valence-electron chi connectivity index (χ0n) is 10.9. The summed E-state index contributed by atoms with van der Waals surface area (Å²) in [6, 6.07) is 2.02. The van der Waals surface area contributed by atoms with Crippen LogP contribution in [-0.2, 0) is 16.0 Å². The van der Waals surface area contributed by atoms with Gasteiger partial charge in [-0.15, -0.1) is 0 Å². The molecule has 0 N–H and O–H groups in total. The number of ether oxygens (including phenoxy) is 1. The molecule has 98 valence electrons. The lowest BCUT2D eigenvalue weighted by Crippen LogP contribution is -2.17. The summed E-state index contributed by atoms with van der Waals surface area (Å²) >= 11 is 5.77. The maximum atomic E-state index is 9.60. The maximum absolute atomic E-state index is 9.60. The van der Waals surface area contributed by atoms with Crippen molar-refractivity contribution in [2.75, 3.05) is 0 Å². The van der Waals surface area contributed by atoms with Gasteiger partial charge in [0.15, 0.2) is 0 Å². The van der Waals surface area contributed by atoms with E-state index in [0.29, 0.717) is 11.6 Å². The summed E-state index contributed by atoms with van der Waals surface area (Å²) in [6.45, 7) is 5.92. The fraction of sp³-hybridized carbons (Fsp3) is 0.571. The minimum atomic E-state index is -0.318. The van der Waals surface area contributed by atoms with E-state index < -0.39 is 0 Å². The van der Waals surface area contributed by atoms with Crippen molar-refractivity contribution in [3.63, 3.8) is 0 Å². The second kappa shape index (κ2) is 4.88. The monoisotopic (exact) mass is 267 g/mol. The first kappa shape index (κ1) is 13.3. The molecule has 1 aromatic heterocycles. The maximum Gasteiger partial charge on any atom is 0.293 e. The Bertz CT molecular complexity index is 454. The number of hydrogen-bond donors (Lipinski definition) is 0. The summed E-state index contributed by atoms with van der Waals surface area (Å²) in [5, 5.41) is 0.644. The van der Waals surface area contributed by atoms with Gasteiger partial charge in [-0.25, -0.2) is 4.98 Å². The van der Waals surface area contributed by atoms with Crippen molar-refractivity contribution in [2.45, 2.75) is 45.1 Å². The van der Waals surface area contributed by atoms with Crippen LogP contribution in [0.4, 0.5) is 0 Å². The molecule has 0 radical (unpaired) electrons. The highest BCUT2D eigenvalue weighted by Crippen LogP contribution is 2.56. The van der Waals surface area contributed by atoms with E-state index in [9.17, 15) is 4.79 Å². The Kier molecular flexibility index (Phi) is 3.62. The van der Waals surface area contributed by atoms with Gasteiger partial charge in [-0.3, -0.25) is 4.79 Å². The molecular weight excluding hydrogens is 250 g/mol. The highest BCUT2D eigenvalue weighted by molar-refractivity contribution is 6.29. The van der Waals surface area contributed by atoms with E-state index in [-0.39, 0.29) is 5.60 Å². The van der Waals surface area contributed by atoms with Crippen molar-refractivity contribution in [1.82, 2.24) is 4.98 Å². The number of carbonyl (C=O) groups excluding carboxylic acids is 1. The number of pyridine rings is 1. The molecule has 2 aliphatic rings. The van der Waals surface area contributed by atoms with Crippen molar-refractivity contribution >= 4 is 18.1 Å². The van der Waals surface area contributed by atoms with Gasteiger partial charge in [0.25, 0.3) is 6.47 Å². The minimum absolute atomic E-state index is 0.318. The molecule has 0 amide bonds. The van der Waals surface area contributed by atoms with Crippen molar-refractivity contribution in [2.24, 2.45) is 5.92 Å². The Morgan fingerprint density at radius 3 is 2.78 bits per heavy atom. The van der Waals surface area contributed by atoms with Gasteiger partial charge in [-0.2, -0.15) is 0 Å². The van der Waals surface area contributed by atoms with Crippen LogP contribution in [0.15, 0.2) is 12.3 Å². The molecule has 0 aliphatic heterocycles. The van der Waals surface area contributed by atoms with Gasteiger partial charge in [0, 0.05) is 6.20 Å². The topological polar surface area (TPSA) is 39.2 Å². The first-order valence-electron chi connectivity index (χ1n) is 6.16. The summed E-state index contributed by atoms with van der Waals surface area (Å²) in [5.74, 6) is 1.78. The van der Waals surface area contributed by atoms with Crippen LogP contribution in [0.5, 0.6) is 0 Å². The van der Waals surface area contributed by atoms with Gasteiger partial charge < -0.3 is 4.74 Å². The third-order valence-electron chi connectivity index (χ3n) is 3.20. The minimum Gasteiger partial charge on any atom is -0.462 e. The van der Waals surface area contributed by atoms with Crippen LogP contribution in [0.25, 0.3) is 0 Å². The molecule has 0 spiro atoms. The Labute approximate surface area is 113 Å². The van der Waals surface area contributed by atoms with Crippen molar-refractivity contribution in [3.05, 3.63) is 28.5 Å². The quantitative estimate of drug-likeness (QED) is 0.579. The van der Waals surface area contributed by atoms with Gasteiger partial charge in [0.1, 0.15) is 10.8 Å². The standard InChI is InChI=1S/C9H8ClN.C5H10O2/c10-9-3-6-1-5-2-7(5)8(6)4-11-9;1-5(2,3)7-4-6/h3-5,7H,1-2H2;4H,1-3H3. The van der Waals surface area contributed by atoms with Crippen molar-refractivity contribution < 1.29 is 9.53 Å². The fourth-order valence-electron chi connectivity index (χ4n) is 2.27. The van der Waals surface area contributed by atoms with Gasteiger partial charge in [-0.05, 0) is 62.6 Å². The lowest BCUT2D eigenvalue weighted by Gasteiger charge is -2.14. The zero-order chi connectivity index (χ0) is 13.3. The number of halogens is 1. The molecule has 0 bridgehead atoms. The highest BCUT2D eigenvalue weighted by atomic mass is 35.5. The molecule has 3 rings (SSSR count). The Morgan fingerprint density at radius 2 is 2.22 bits per heavy atom. The van der Waals surface area contributed by atoms with E-state index in [1.807, 2.05) is 33.0 Å². The molecule has 2 atom stereocenters. The van der Waals surface area contributed by atoms with Crippen molar-refractivity contribution in [3.8, 4) is 0 Å². The van der Waals surface area contributed by atoms with E-state index in [1.54, 1.807) is 0 Å². The second-order valence-corrected chi connectivity index (χ2v) is 6.23. The predicted octanol–water partition coefficient (Wildman–Crippen LogP) is 3.35. The normalized spacial score (nSPS) is 23.3. The molecule has 1 fully saturated rings. The van der Waals surface area contributed by atoms with E-state index in [4.69, 9.17) is 11.6 Å². The highest BCUT2D eigenvalue weighted by Gasteiger charge is 2.45. The van der Waals surface area contributed by atoms with E-state index in [0.717, 1.165) is 11.8 Å². The molecule has 18 heavy (non-hydrogen) atoms. The first-order chi connectivity index (χ1) is 8.40. The molecule has 1 saturated carbocycles. The van der Waals surface area contributed by atoms with Crippen LogP contribution < -0.4 is 0 Å². The Morgan fingerprint density at radius 1 is 1.50 bits per heavy atom. The molecule has 0 saturated heterocycles. The van der Waals surface area contributed by atoms with Crippen molar-refractivity contribution in [1.29, 1.82) is 0 Å². The number of carbonyl (C=O) groups is 1. The summed E-state index contributed by atoms with van der Waals surface area (Å²) in [4.78, 5) is 13.7. The smallest absolute Gasteiger partial charge is 0.293 e. The molecular formula is C14H18ClNO2. The zero-order valence-corrected chi connectivity index (χ0v) is 11.7. The Balaban J connectivity index is 0.000000152. The third-order valence-corrected chi connectivity index (χ3v) is 3.40. The van der Waals surface area contributed by atoms with Gasteiger partial charge in [-0.1, -0.05) is 11.6 Å². The second-order valence-electron chi connectivity index (χ2n) is 5.84. The van der Waals surface area contributed by atoms with Crippen LogP contribution >= 0.6 is 11.6 Å². The molecule has 2 unspecified atom stereocenters. The summed E-state index contributed by atoms with van der Waals surface area (Å²) in [5.41, 5.74) is 2.58. The number of nitrogens with zero attached hydrogens (tertiary/aromatic N) is 1. The largest absolute Gasteiger partial charge is 0.462 e. The fourth-order valence-corrected chi connectivity index (χ4v) is 2.45. The van der Waals surface area contributed by atoms with Gasteiger partial charge in [0.05, 0.1) is 0 Å². The third kappa shape index (κ3) is 3.22. The molecule has 4 heteroatoms. The first-order valence-corrected chi connectivity index (χ1v) is 6.54.